The van der Waals surface area contributed by atoms with Crippen LogP contribution in [0.1, 0.15) is 58.8 Å². The molecule has 23 heavy (non-hydrogen) atoms. The molecule has 0 bridgehead atoms. The predicted octanol–water partition coefficient (Wildman–Crippen LogP) is 4.94. The highest BCUT2D eigenvalue weighted by Gasteiger charge is 2.41. The molecule has 0 amide bonds. The fourth-order valence-electron chi connectivity index (χ4n) is 3.71. The van der Waals surface area contributed by atoms with Gasteiger partial charge in [0.2, 0.25) is 0 Å². The molecule has 0 spiro atoms. The zero-order valence-electron chi connectivity index (χ0n) is 15.7. The second kappa shape index (κ2) is 8.68. The normalized spacial score (nSPS) is 13.3. The van der Waals surface area contributed by atoms with Crippen molar-refractivity contribution < 1.29 is 9.84 Å². The average molecular weight is 333 g/mol. The lowest BCUT2D eigenvalue weighted by atomic mass is 10.1. The first-order valence-corrected chi connectivity index (χ1v) is 10.8. The standard InChI is InChI=1S/C20H32O2Si/c1-15(2)23(16(3)4,17(5)6)13-12-18-8-10-19(11-9-18)20(14-21)22-7/h8-11,15-17,20-21H,14H2,1-7H3. The topological polar surface area (TPSA) is 29.5 Å². The maximum absolute atomic E-state index is 9.29. The molecular weight excluding hydrogens is 300 g/mol. The van der Waals surface area contributed by atoms with Crippen LogP contribution in [-0.2, 0) is 4.74 Å². The summed E-state index contributed by atoms with van der Waals surface area (Å²) in [6.07, 6.45) is -0.257. The summed E-state index contributed by atoms with van der Waals surface area (Å²) in [4.78, 5) is 0. The summed E-state index contributed by atoms with van der Waals surface area (Å²) in [5, 5.41) is 9.29. The van der Waals surface area contributed by atoms with Gasteiger partial charge in [-0.15, -0.1) is 5.54 Å². The van der Waals surface area contributed by atoms with Crippen LogP contribution in [0.15, 0.2) is 24.3 Å². The number of benzene rings is 1. The van der Waals surface area contributed by atoms with Gasteiger partial charge in [-0.1, -0.05) is 59.6 Å². The van der Waals surface area contributed by atoms with E-state index in [0.29, 0.717) is 16.6 Å². The number of hydrogen-bond acceptors (Lipinski definition) is 2. The molecule has 1 aromatic rings. The number of hydrogen-bond donors (Lipinski definition) is 1. The zero-order chi connectivity index (χ0) is 17.6. The van der Waals surface area contributed by atoms with Crippen molar-refractivity contribution in [1.82, 2.24) is 0 Å². The maximum atomic E-state index is 9.29. The highest BCUT2D eigenvalue weighted by atomic mass is 28.3. The second-order valence-electron chi connectivity index (χ2n) is 7.18. The van der Waals surface area contributed by atoms with E-state index in [1.54, 1.807) is 7.11 Å². The first-order valence-electron chi connectivity index (χ1n) is 8.56. The highest BCUT2D eigenvalue weighted by molar-refractivity contribution is 6.90. The quantitative estimate of drug-likeness (QED) is 0.591. The number of ether oxygens (including phenoxy) is 1. The average Bonchev–Trinajstić information content (AvgIpc) is 2.49. The fourth-order valence-corrected chi connectivity index (χ4v) is 8.94. The van der Waals surface area contributed by atoms with Gasteiger partial charge in [0, 0.05) is 12.7 Å². The van der Waals surface area contributed by atoms with Crippen molar-refractivity contribution in [3.8, 4) is 11.5 Å². The van der Waals surface area contributed by atoms with Gasteiger partial charge in [0.05, 0.1) is 6.61 Å². The van der Waals surface area contributed by atoms with Crippen molar-refractivity contribution in [2.75, 3.05) is 13.7 Å². The van der Waals surface area contributed by atoms with Crippen molar-refractivity contribution in [2.45, 2.75) is 64.3 Å². The smallest absolute Gasteiger partial charge is 0.146 e. The molecule has 3 heteroatoms. The third-order valence-corrected chi connectivity index (χ3v) is 11.3. The molecule has 0 saturated carbocycles. The lowest BCUT2D eigenvalue weighted by molar-refractivity contribution is 0.0484. The van der Waals surface area contributed by atoms with Crippen molar-refractivity contribution >= 4 is 8.07 Å². The monoisotopic (exact) mass is 332 g/mol. The Hall–Kier alpha value is -1.08. The summed E-state index contributed by atoms with van der Waals surface area (Å²) in [7, 11) is -0.0718. The summed E-state index contributed by atoms with van der Waals surface area (Å²) < 4.78 is 5.25. The van der Waals surface area contributed by atoms with Gasteiger partial charge < -0.3 is 9.84 Å². The molecule has 128 valence electrons. The van der Waals surface area contributed by atoms with Crippen LogP contribution in [0.3, 0.4) is 0 Å². The van der Waals surface area contributed by atoms with Crippen LogP contribution in [0.25, 0.3) is 0 Å². The maximum Gasteiger partial charge on any atom is 0.146 e. The lowest BCUT2D eigenvalue weighted by Crippen LogP contribution is -2.43. The van der Waals surface area contributed by atoms with Gasteiger partial charge in [-0.25, -0.2) is 0 Å². The zero-order valence-corrected chi connectivity index (χ0v) is 16.7. The molecule has 0 fully saturated rings. The van der Waals surface area contributed by atoms with Gasteiger partial charge in [-0.3, -0.25) is 0 Å². The van der Waals surface area contributed by atoms with Crippen molar-refractivity contribution in [1.29, 1.82) is 0 Å². The fraction of sp³-hybridized carbons (Fsp3) is 0.600. The number of rotatable bonds is 6. The van der Waals surface area contributed by atoms with Gasteiger partial charge in [-0.2, -0.15) is 0 Å². The Morgan fingerprint density at radius 3 is 1.78 bits per heavy atom. The Morgan fingerprint density at radius 1 is 0.957 bits per heavy atom. The molecule has 1 unspecified atom stereocenters. The number of methoxy groups -OCH3 is 1. The Kier molecular flexibility index (Phi) is 7.53. The van der Waals surface area contributed by atoms with Crippen LogP contribution >= 0.6 is 0 Å². The molecule has 0 aliphatic carbocycles. The van der Waals surface area contributed by atoms with E-state index >= 15 is 0 Å². The van der Waals surface area contributed by atoms with E-state index in [9.17, 15) is 5.11 Å². The van der Waals surface area contributed by atoms with Crippen molar-refractivity contribution in [3.05, 3.63) is 35.4 Å². The van der Waals surface area contributed by atoms with Crippen LogP contribution in [0.5, 0.6) is 0 Å². The van der Waals surface area contributed by atoms with Gasteiger partial charge in [0.15, 0.2) is 0 Å². The summed E-state index contributed by atoms with van der Waals surface area (Å²) >= 11 is 0. The van der Waals surface area contributed by atoms with E-state index in [1.807, 2.05) is 24.3 Å². The molecule has 0 aliphatic rings. The molecule has 0 radical (unpaired) electrons. The summed E-state index contributed by atoms with van der Waals surface area (Å²) in [5.74, 6) is 3.44. The van der Waals surface area contributed by atoms with E-state index in [2.05, 4.69) is 53.0 Å². The first-order chi connectivity index (χ1) is 10.8. The summed E-state index contributed by atoms with van der Waals surface area (Å²) in [6.45, 7) is 14.0. The van der Waals surface area contributed by atoms with Crippen LogP contribution in [-0.4, -0.2) is 26.9 Å². The number of aliphatic hydroxyl groups is 1. The van der Waals surface area contributed by atoms with E-state index in [0.717, 1.165) is 11.1 Å². The minimum absolute atomic E-state index is 0.00834. The number of aliphatic hydroxyl groups excluding tert-OH is 1. The van der Waals surface area contributed by atoms with Crippen LogP contribution in [0.2, 0.25) is 16.6 Å². The van der Waals surface area contributed by atoms with Crippen LogP contribution in [0.4, 0.5) is 0 Å². The minimum Gasteiger partial charge on any atom is -0.393 e. The highest BCUT2D eigenvalue weighted by Crippen LogP contribution is 2.40. The van der Waals surface area contributed by atoms with Gasteiger partial charge >= 0.3 is 0 Å². The van der Waals surface area contributed by atoms with E-state index in [-0.39, 0.29) is 12.7 Å². The van der Waals surface area contributed by atoms with Crippen molar-refractivity contribution in [3.63, 3.8) is 0 Å². The molecule has 1 atom stereocenters. The third kappa shape index (κ3) is 4.47. The molecule has 1 aromatic carbocycles. The molecule has 1 N–H and O–H groups in total. The summed E-state index contributed by atoms with van der Waals surface area (Å²) in [5.41, 5.74) is 7.68. The van der Waals surface area contributed by atoms with Crippen LogP contribution < -0.4 is 0 Å². The minimum atomic E-state index is -1.69. The predicted molar refractivity (Wildman–Crippen MR) is 101 cm³/mol. The van der Waals surface area contributed by atoms with E-state index in [4.69, 9.17) is 4.74 Å². The Morgan fingerprint density at radius 2 is 1.43 bits per heavy atom. The molecular formula is C20H32O2Si. The molecule has 0 heterocycles. The lowest BCUT2D eigenvalue weighted by Gasteiger charge is -2.38. The Labute approximate surface area is 143 Å². The SMILES string of the molecule is COC(CO)c1ccc(C#C[Si](C(C)C)(C(C)C)C(C)C)cc1. The molecule has 0 saturated heterocycles. The Balaban J connectivity index is 3.13. The Bertz CT molecular complexity index is 509. The molecule has 0 aromatic heterocycles. The summed E-state index contributed by atoms with van der Waals surface area (Å²) in [6, 6.07) is 8.06. The van der Waals surface area contributed by atoms with Gasteiger partial charge in [0.1, 0.15) is 14.2 Å². The second-order valence-corrected chi connectivity index (χ2v) is 12.8. The van der Waals surface area contributed by atoms with Gasteiger partial charge in [0.25, 0.3) is 0 Å². The third-order valence-electron chi connectivity index (χ3n) is 5.02. The first kappa shape index (κ1) is 20.0. The van der Waals surface area contributed by atoms with Crippen LogP contribution in [0, 0.1) is 11.5 Å². The van der Waals surface area contributed by atoms with E-state index in [1.165, 1.54) is 0 Å². The van der Waals surface area contributed by atoms with Crippen molar-refractivity contribution in [2.24, 2.45) is 0 Å². The molecule has 0 aliphatic heterocycles. The van der Waals surface area contributed by atoms with E-state index < -0.39 is 8.07 Å². The molecule has 1 rings (SSSR count). The largest absolute Gasteiger partial charge is 0.393 e. The van der Waals surface area contributed by atoms with Gasteiger partial charge in [-0.05, 0) is 34.3 Å². The molecule has 2 nitrogen and oxygen atoms in total.